The van der Waals surface area contributed by atoms with E-state index in [1.807, 2.05) is 12.1 Å². The highest BCUT2D eigenvalue weighted by Crippen LogP contribution is 2.14. The van der Waals surface area contributed by atoms with Crippen LogP contribution in [0.3, 0.4) is 0 Å². The van der Waals surface area contributed by atoms with Crippen LogP contribution in [0, 0.1) is 0 Å². The molecule has 0 bridgehead atoms. The number of oxime groups is 2. The maximum absolute atomic E-state index is 12.2. The van der Waals surface area contributed by atoms with Gasteiger partial charge in [-0.1, -0.05) is 11.2 Å². The van der Waals surface area contributed by atoms with Crippen LogP contribution in [0.5, 0.6) is 0 Å². The van der Waals surface area contributed by atoms with E-state index < -0.39 is 22.0 Å². The van der Waals surface area contributed by atoms with E-state index in [1.165, 1.54) is 13.3 Å². The standard InChI is InChI=1S/C15H17N5O5S/c1-24-17-10-13-7-4-8-20(13)12-6-3-5-11(9-12)14(21)18-15(16)19-25-26(2,22)23/h3-10H,1-2H3,(H3,16,18,19,21). The lowest BCUT2D eigenvalue weighted by atomic mass is 10.2. The van der Waals surface area contributed by atoms with Gasteiger partial charge < -0.3 is 15.1 Å². The van der Waals surface area contributed by atoms with Crippen molar-refractivity contribution < 1.29 is 22.3 Å². The summed E-state index contributed by atoms with van der Waals surface area (Å²) in [6.07, 6.45) is 4.13. The van der Waals surface area contributed by atoms with E-state index in [2.05, 4.69) is 24.7 Å². The molecule has 0 spiro atoms. The normalized spacial score (nSPS) is 12.2. The molecule has 3 N–H and O–H groups in total. The fourth-order valence-electron chi connectivity index (χ4n) is 1.96. The van der Waals surface area contributed by atoms with Crippen LogP contribution in [-0.4, -0.2) is 44.4 Å². The van der Waals surface area contributed by atoms with Gasteiger partial charge in [0.05, 0.1) is 18.2 Å². The van der Waals surface area contributed by atoms with E-state index in [0.717, 1.165) is 11.9 Å². The Morgan fingerprint density at radius 3 is 2.77 bits per heavy atom. The summed E-state index contributed by atoms with van der Waals surface area (Å²) in [6.45, 7) is 0. The maximum Gasteiger partial charge on any atom is 0.325 e. The number of carbonyl (C=O) groups excluding carboxylic acids is 1. The molecular formula is C15H17N5O5S. The second-order valence-corrected chi connectivity index (χ2v) is 6.54. The average Bonchev–Trinajstić information content (AvgIpc) is 3.06. The van der Waals surface area contributed by atoms with Crippen molar-refractivity contribution in [2.45, 2.75) is 0 Å². The predicted octanol–water partition coefficient (Wildman–Crippen LogP) is 0.393. The zero-order chi connectivity index (χ0) is 19.2. The molecular weight excluding hydrogens is 362 g/mol. The fourth-order valence-corrected chi connectivity index (χ4v) is 2.17. The summed E-state index contributed by atoms with van der Waals surface area (Å²) in [4.78, 5) is 16.9. The van der Waals surface area contributed by atoms with Crippen molar-refractivity contribution in [2.75, 3.05) is 13.4 Å². The predicted molar refractivity (Wildman–Crippen MR) is 95.4 cm³/mol. The lowest BCUT2D eigenvalue weighted by Crippen LogP contribution is -2.37. The SMILES string of the molecule is CON=Cc1cccn1-c1cccc(C(=O)NC(N)=NOS(C)(=O)=O)c1. The molecule has 1 amide bonds. The highest BCUT2D eigenvalue weighted by molar-refractivity contribution is 7.85. The monoisotopic (exact) mass is 379 g/mol. The number of rotatable bonds is 6. The number of hydrogen-bond donors (Lipinski definition) is 2. The third kappa shape index (κ3) is 5.34. The summed E-state index contributed by atoms with van der Waals surface area (Å²) < 4.78 is 27.7. The van der Waals surface area contributed by atoms with Crippen LogP contribution in [-0.2, 0) is 19.2 Å². The van der Waals surface area contributed by atoms with E-state index in [4.69, 9.17) is 5.73 Å². The molecule has 1 aromatic carbocycles. The Hall–Kier alpha value is -3.34. The molecule has 26 heavy (non-hydrogen) atoms. The van der Waals surface area contributed by atoms with Crippen LogP contribution < -0.4 is 11.1 Å². The van der Waals surface area contributed by atoms with Gasteiger partial charge in [-0.15, -0.1) is 0 Å². The topological polar surface area (TPSA) is 137 Å². The number of carbonyl (C=O) groups is 1. The zero-order valence-electron chi connectivity index (χ0n) is 14.0. The highest BCUT2D eigenvalue weighted by Gasteiger charge is 2.10. The van der Waals surface area contributed by atoms with Crippen molar-refractivity contribution in [2.24, 2.45) is 16.0 Å². The Morgan fingerprint density at radius 1 is 1.31 bits per heavy atom. The molecule has 0 aliphatic heterocycles. The molecule has 0 radical (unpaired) electrons. The van der Waals surface area contributed by atoms with E-state index in [0.29, 0.717) is 5.69 Å². The molecule has 2 rings (SSSR count). The number of guanidine groups is 1. The molecule has 2 aromatic rings. The van der Waals surface area contributed by atoms with E-state index in [1.54, 1.807) is 35.0 Å². The van der Waals surface area contributed by atoms with Crippen molar-refractivity contribution in [3.05, 3.63) is 53.9 Å². The molecule has 1 aromatic heterocycles. The largest absolute Gasteiger partial charge is 0.399 e. The molecule has 0 unspecified atom stereocenters. The van der Waals surface area contributed by atoms with Gasteiger partial charge >= 0.3 is 10.1 Å². The van der Waals surface area contributed by atoms with Crippen LogP contribution in [0.1, 0.15) is 16.1 Å². The third-order valence-corrected chi connectivity index (χ3v) is 3.32. The highest BCUT2D eigenvalue weighted by atomic mass is 32.2. The zero-order valence-corrected chi connectivity index (χ0v) is 14.8. The minimum absolute atomic E-state index is 0.281. The molecule has 0 saturated carbocycles. The van der Waals surface area contributed by atoms with E-state index >= 15 is 0 Å². The van der Waals surface area contributed by atoms with E-state index in [9.17, 15) is 13.2 Å². The summed E-state index contributed by atoms with van der Waals surface area (Å²) >= 11 is 0. The van der Waals surface area contributed by atoms with Crippen molar-refractivity contribution >= 4 is 28.2 Å². The molecule has 0 aliphatic carbocycles. The van der Waals surface area contributed by atoms with Crippen molar-refractivity contribution in [3.8, 4) is 5.69 Å². The molecule has 1 heterocycles. The van der Waals surface area contributed by atoms with Crippen molar-refractivity contribution in [1.82, 2.24) is 9.88 Å². The van der Waals surface area contributed by atoms with Gasteiger partial charge in [0.25, 0.3) is 5.91 Å². The summed E-state index contributed by atoms with van der Waals surface area (Å²) in [5.74, 6) is -1.07. The number of aromatic nitrogens is 1. The molecule has 0 fully saturated rings. The lowest BCUT2D eigenvalue weighted by molar-refractivity contribution is 0.0975. The number of benzene rings is 1. The summed E-state index contributed by atoms with van der Waals surface area (Å²) in [6, 6.07) is 10.3. The molecule has 0 aliphatic rings. The second-order valence-electron chi connectivity index (χ2n) is 4.98. The first kappa shape index (κ1) is 19.0. The smallest absolute Gasteiger partial charge is 0.325 e. The quantitative estimate of drug-likeness (QED) is 0.423. The Labute approximate surface area is 150 Å². The molecule has 10 nitrogen and oxygen atoms in total. The maximum atomic E-state index is 12.2. The van der Waals surface area contributed by atoms with Crippen LogP contribution >= 0.6 is 0 Å². The first-order valence-electron chi connectivity index (χ1n) is 7.18. The molecule has 0 saturated heterocycles. The first-order chi connectivity index (χ1) is 12.3. The third-order valence-electron chi connectivity index (χ3n) is 2.97. The van der Waals surface area contributed by atoms with Gasteiger partial charge in [0.2, 0.25) is 5.96 Å². The summed E-state index contributed by atoms with van der Waals surface area (Å²) in [7, 11) is -2.37. The van der Waals surface area contributed by atoms with Gasteiger partial charge in [0.15, 0.2) is 0 Å². The van der Waals surface area contributed by atoms with Gasteiger partial charge in [-0.3, -0.25) is 14.4 Å². The fraction of sp³-hybridized carbons (Fsp3) is 0.133. The summed E-state index contributed by atoms with van der Waals surface area (Å²) in [5.41, 5.74) is 7.14. The van der Waals surface area contributed by atoms with Crippen LogP contribution in [0.25, 0.3) is 5.69 Å². The van der Waals surface area contributed by atoms with Crippen molar-refractivity contribution in [3.63, 3.8) is 0 Å². The van der Waals surface area contributed by atoms with Crippen LogP contribution in [0.2, 0.25) is 0 Å². The minimum atomic E-state index is -3.81. The van der Waals surface area contributed by atoms with Gasteiger partial charge in [-0.2, -0.15) is 8.42 Å². The number of hydrogen-bond acceptors (Lipinski definition) is 7. The minimum Gasteiger partial charge on any atom is -0.399 e. The van der Waals surface area contributed by atoms with Crippen molar-refractivity contribution in [1.29, 1.82) is 0 Å². The second kappa shape index (κ2) is 8.16. The number of nitrogens with two attached hydrogens (primary N) is 1. The number of nitrogens with zero attached hydrogens (tertiary/aromatic N) is 3. The number of nitrogens with one attached hydrogen (secondary N) is 1. The first-order valence-corrected chi connectivity index (χ1v) is 8.99. The average molecular weight is 379 g/mol. The number of amides is 1. The van der Waals surface area contributed by atoms with Gasteiger partial charge in [-0.05, 0) is 35.5 Å². The lowest BCUT2D eigenvalue weighted by Gasteiger charge is -2.09. The Bertz CT molecular complexity index is 949. The van der Waals surface area contributed by atoms with Gasteiger partial charge in [-0.25, -0.2) is 0 Å². The summed E-state index contributed by atoms with van der Waals surface area (Å²) in [5, 5.41) is 9.07. The van der Waals surface area contributed by atoms with Crippen LogP contribution in [0.4, 0.5) is 0 Å². The van der Waals surface area contributed by atoms with Gasteiger partial charge in [0, 0.05) is 17.4 Å². The molecule has 11 heteroatoms. The molecule has 0 atom stereocenters. The molecule has 138 valence electrons. The van der Waals surface area contributed by atoms with E-state index in [-0.39, 0.29) is 5.56 Å². The van der Waals surface area contributed by atoms with Gasteiger partial charge in [0.1, 0.15) is 7.11 Å². The van der Waals surface area contributed by atoms with Crippen LogP contribution in [0.15, 0.2) is 52.9 Å². The Morgan fingerprint density at radius 2 is 2.08 bits per heavy atom. The Kier molecular flexibility index (Phi) is 5.96. The Balaban J connectivity index is 2.20.